The molecule has 2 N–H and O–H groups in total. The molecule has 152 valence electrons. The van der Waals surface area contributed by atoms with Gasteiger partial charge in [0.1, 0.15) is 5.25 Å². The average Bonchev–Trinajstić information content (AvgIpc) is 2.96. The van der Waals surface area contributed by atoms with Crippen molar-refractivity contribution in [3.63, 3.8) is 0 Å². The molecular weight excluding hydrogens is 402 g/mol. The number of sulfone groups is 2. The van der Waals surface area contributed by atoms with Crippen molar-refractivity contribution < 1.29 is 27.0 Å². The van der Waals surface area contributed by atoms with Crippen LogP contribution in [-0.4, -0.2) is 64.0 Å². The summed E-state index contributed by atoms with van der Waals surface area (Å²) in [6.45, 7) is 0.554. The summed E-state index contributed by atoms with van der Waals surface area (Å²) in [6.07, 6.45) is 0. The van der Waals surface area contributed by atoms with Crippen molar-refractivity contribution in [1.82, 2.24) is 4.90 Å². The molecule has 0 saturated heterocycles. The molecule has 0 bridgehead atoms. The number of hydrogen-bond acceptors (Lipinski definition) is 7. The molecular formula is C19H23NO6S2. The monoisotopic (exact) mass is 425 g/mol. The number of fused-ring (bicyclic) bond motifs is 1. The van der Waals surface area contributed by atoms with Gasteiger partial charge < -0.3 is 10.2 Å². The smallest absolute Gasteiger partial charge is 0.186 e. The zero-order valence-corrected chi connectivity index (χ0v) is 16.9. The van der Waals surface area contributed by atoms with Gasteiger partial charge in [-0.3, -0.25) is 4.90 Å². The standard InChI is InChI=1S/C19H23NO6S2/c21-11-9-20(10-12-22)13-15-5-4-8-17-19(15)18(14-27(17,23)24)28(25,26)16-6-2-1-3-7-16/h1-8,18,21-22H,9-14H2. The third-order valence-corrected chi connectivity index (χ3v) is 8.95. The lowest BCUT2D eigenvalue weighted by Gasteiger charge is -2.23. The lowest BCUT2D eigenvalue weighted by Crippen LogP contribution is -2.30. The van der Waals surface area contributed by atoms with Gasteiger partial charge in [-0.1, -0.05) is 30.3 Å². The third-order valence-electron chi connectivity index (χ3n) is 4.86. The second-order valence-electron chi connectivity index (χ2n) is 6.68. The van der Waals surface area contributed by atoms with Crippen LogP contribution in [0.1, 0.15) is 16.4 Å². The zero-order valence-electron chi connectivity index (χ0n) is 15.2. The van der Waals surface area contributed by atoms with Gasteiger partial charge in [0, 0.05) is 19.6 Å². The molecule has 0 radical (unpaired) electrons. The SMILES string of the molecule is O=S1(=O)CC(S(=O)(=O)c2ccccc2)c2c(CN(CCO)CCO)cccc21. The predicted octanol–water partition coefficient (Wildman–Crippen LogP) is 0.775. The Morgan fingerprint density at radius 1 is 0.964 bits per heavy atom. The van der Waals surface area contributed by atoms with E-state index in [1.54, 1.807) is 35.2 Å². The summed E-state index contributed by atoms with van der Waals surface area (Å²) in [6, 6.07) is 12.6. The van der Waals surface area contributed by atoms with Crippen LogP contribution in [0.4, 0.5) is 0 Å². The molecule has 1 heterocycles. The Hall–Kier alpha value is -1.78. The van der Waals surface area contributed by atoms with Crippen molar-refractivity contribution in [1.29, 1.82) is 0 Å². The first-order chi connectivity index (χ1) is 13.3. The van der Waals surface area contributed by atoms with E-state index in [-0.39, 0.29) is 42.6 Å². The Morgan fingerprint density at radius 3 is 2.21 bits per heavy atom. The molecule has 0 saturated carbocycles. The largest absolute Gasteiger partial charge is 0.395 e. The fourth-order valence-electron chi connectivity index (χ4n) is 3.55. The summed E-state index contributed by atoms with van der Waals surface area (Å²) >= 11 is 0. The summed E-state index contributed by atoms with van der Waals surface area (Å²) in [5.41, 5.74) is 0.872. The molecule has 2 aromatic rings. The molecule has 1 atom stereocenters. The molecule has 3 rings (SSSR count). The molecule has 1 aliphatic rings. The molecule has 2 aromatic carbocycles. The summed E-state index contributed by atoms with van der Waals surface area (Å²) < 4.78 is 51.8. The van der Waals surface area contributed by atoms with Gasteiger partial charge in [-0.15, -0.1) is 0 Å². The molecule has 0 aliphatic carbocycles. The van der Waals surface area contributed by atoms with Gasteiger partial charge in [0.2, 0.25) is 0 Å². The van der Waals surface area contributed by atoms with Crippen molar-refractivity contribution in [2.75, 3.05) is 32.1 Å². The molecule has 9 heteroatoms. The van der Waals surface area contributed by atoms with E-state index in [0.29, 0.717) is 11.1 Å². The van der Waals surface area contributed by atoms with Crippen LogP contribution < -0.4 is 0 Å². The normalized spacial score (nSPS) is 18.3. The molecule has 0 spiro atoms. The second kappa shape index (κ2) is 8.30. The van der Waals surface area contributed by atoms with Crippen molar-refractivity contribution in [2.24, 2.45) is 0 Å². The highest BCUT2D eigenvalue weighted by Crippen LogP contribution is 2.43. The van der Waals surface area contributed by atoms with Crippen LogP contribution in [0.2, 0.25) is 0 Å². The first kappa shape index (κ1) is 20.9. The van der Waals surface area contributed by atoms with E-state index in [4.69, 9.17) is 0 Å². The minimum atomic E-state index is -3.90. The summed E-state index contributed by atoms with van der Waals surface area (Å²) in [5.74, 6) is -0.490. The molecule has 0 fully saturated rings. The molecule has 7 nitrogen and oxygen atoms in total. The maximum atomic E-state index is 13.2. The minimum Gasteiger partial charge on any atom is -0.395 e. The first-order valence-corrected chi connectivity index (χ1v) is 12.1. The van der Waals surface area contributed by atoms with Crippen LogP contribution in [0.5, 0.6) is 0 Å². The highest BCUT2D eigenvalue weighted by molar-refractivity contribution is 7.96. The van der Waals surface area contributed by atoms with E-state index in [1.807, 2.05) is 0 Å². The zero-order chi connectivity index (χ0) is 20.4. The fraction of sp³-hybridized carbons (Fsp3) is 0.368. The number of rotatable bonds is 8. The van der Waals surface area contributed by atoms with Crippen molar-refractivity contribution in [2.45, 2.75) is 21.6 Å². The molecule has 1 aliphatic heterocycles. The van der Waals surface area contributed by atoms with Crippen molar-refractivity contribution in [3.05, 3.63) is 59.7 Å². The fourth-order valence-corrected chi connectivity index (χ4v) is 7.97. The number of hydrogen-bond donors (Lipinski definition) is 2. The van der Waals surface area contributed by atoms with E-state index in [9.17, 15) is 27.0 Å². The Balaban J connectivity index is 2.10. The highest BCUT2D eigenvalue weighted by Gasteiger charge is 2.44. The summed E-state index contributed by atoms with van der Waals surface area (Å²) in [5, 5.41) is 17.3. The number of nitrogens with zero attached hydrogens (tertiary/aromatic N) is 1. The molecule has 0 amide bonds. The highest BCUT2D eigenvalue weighted by atomic mass is 32.2. The maximum absolute atomic E-state index is 13.2. The van der Waals surface area contributed by atoms with Crippen LogP contribution in [0.25, 0.3) is 0 Å². The van der Waals surface area contributed by atoms with Crippen molar-refractivity contribution >= 4 is 19.7 Å². The van der Waals surface area contributed by atoms with Crippen LogP contribution in [0.15, 0.2) is 58.3 Å². The molecule has 0 aromatic heterocycles. The second-order valence-corrected chi connectivity index (χ2v) is 10.8. The van der Waals surface area contributed by atoms with Gasteiger partial charge in [-0.2, -0.15) is 0 Å². The summed E-state index contributed by atoms with van der Waals surface area (Å²) in [7, 11) is -7.63. The topological polar surface area (TPSA) is 112 Å². The molecule has 1 unspecified atom stereocenters. The van der Waals surface area contributed by atoms with Gasteiger partial charge in [0.05, 0.1) is 28.8 Å². The Bertz CT molecular complexity index is 1030. The van der Waals surface area contributed by atoms with Crippen molar-refractivity contribution in [3.8, 4) is 0 Å². The Morgan fingerprint density at radius 2 is 1.61 bits per heavy atom. The number of aliphatic hydroxyl groups excluding tert-OH is 2. The van der Waals surface area contributed by atoms with E-state index < -0.39 is 30.7 Å². The van der Waals surface area contributed by atoms with Crippen LogP contribution in [0.3, 0.4) is 0 Å². The maximum Gasteiger partial charge on any atom is 0.186 e. The number of aliphatic hydroxyl groups is 2. The van der Waals surface area contributed by atoms with E-state index in [2.05, 4.69) is 0 Å². The van der Waals surface area contributed by atoms with E-state index in [1.165, 1.54) is 18.2 Å². The lowest BCUT2D eigenvalue weighted by molar-refractivity contribution is 0.155. The van der Waals surface area contributed by atoms with E-state index >= 15 is 0 Å². The van der Waals surface area contributed by atoms with Crippen LogP contribution in [0, 0.1) is 0 Å². The minimum absolute atomic E-state index is 0.0439. The van der Waals surface area contributed by atoms with Gasteiger partial charge >= 0.3 is 0 Å². The summed E-state index contributed by atoms with van der Waals surface area (Å²) in [4.78, 5) is 1.88. The van der Waals surface area contributed by atoms with Gasteiger partial charge in [-0.05, 0) is 29.3 Å². The number of benzene rings is 2. The Labute approximate surface area is 165 Å². The van der Waals surface area contributed by atoms with Crippen LogP contribution >= 0.6 is 0 Å². The Kier molecular flexibility index (Phi) is 6.21. The van der Waals surface area contributed by atoms with Gasteiger partial charge in [-0.25, -0.2) is 16.8 Å². The van der Waals surface area contributed by atoms with Gasteiger partial charge in [0.25, 0.3) is 0 Å². The predicted molar refractivity (Wildman–Crippen MR) is 104 cm³/mol. The lowest BCUT2D eigenvalue weighted by atomic mass is 10.0. The van der Waals surface area contributed by atoms with E-state index in [0.717, 1.165) is 0 Å². The molecule has 28 heavy (non-hydrogen) atoms. The third kappa shape index (κ3) is 3.99. The van der Waals surface area contributed by atoms with Gasteiger partial charge in [0.15, 0.2) is 19.7 Å². The quantitative estimate of drug-likeness (QED) is 0.643. The van der Waals surface area contributed by atoms with Crippen LogP contribution in [-0.2, 0) is 26.2 Å². The first-order valence-electron chi connectivity index (χ1n) is 8.89. The average molecular weight is 426 g/mol.